The summed E-state index contributed by atoms with van der Waals surface area (Å²) in [5.41, 5.74) is -0.893. The van der Waals surface area contributed by atoms with Crippen LogP contribution in [0.25, 0.3) is 0 Å². The molecule has 1 amide bonds. The molecule has 1 aliphatic heterocycles. The topological polar surface area (TPSA) is 77.1 Å². The molecule has 0 spiro atoms. The first-order chi connectivity index (χ1) is 15.6. The number of hydrogen-bond acceptors (Lipinski definition) is 6. The number of benzene rings is 2. The Hall–Kier alpha value is -3.76. The number of rotatable bonds is 9. The lowest BCUT2D eigenvalue weighted by molar-refractivity contribution is -0.147. The summed E-state index contributed by atoms with van der Waals surface area (Å²) in [5, 5.41) is 2.86. The molecule has 0 unspecified atom stereocenters. The molecule has 0 fully saturated rings. The predicted molar refractivity (Wildman–Crippen MR) is 110 cm³/mol. The first-order valence-electron chi connectivity index (χ1n) is 9.75. The highest BCUT2D eigenvalue weighted by Crippen LogP contribution is 2.36. The highest BCUT2D eigenvalue weighted by atomic mass is 19.3. The molecule has 0 aromatic heterocycles. The lowest BCUT2D eigenvalue weighted by atomic mass is 10.0. The zero-order valence-corrected chi connectivity index (χ0v) is 17.6. The van der Waals surface area contributed by atoms with Crippen LogP contribution in [0.4, 0.5) is 28.9 Å². The number of anilines is 2. The van der Waals surface area contributed by atoms with E-state index in [1.54, 1.807) is 6.92 Å². The molecular formula is C22H20F4N2O5. The highest BCUT2D eigenvalue weighted by molar-refractivity contribution is 6.16. The largest absolute Gasteiger partial charge is 0.464 e. The average molecular weight is 468 g/mol. The first-order valence-corrected chi connectivity index (χ1v) is 9.75. The minimum atomic E-state index is -3.01. The molecule has 11 heteroatoms. The van der Waals surface area contributed by atoms with Crippen LogP contribution >= 0.6 is 0 Å². The Labute approximate surface area is 186 Å². The van der Waals surface area contributed by atoms with Crippen molar-refractivity contribution >= 4 is 23.3 Å². The molecule has 1 aliphatic rings. The number of nitrogens with zero attached hydrogens (tertiary/aromatic N) is 1. The van der Waals surface area contributed by atoms with Gasteiger partial charge in [-0.15, -0.1) is 0 Å². The van der Waals surface area contributed by atoms with E-state index in [2.05, 4.69) is 14.8 Å². The molecule has 1 atom stereocenters. The van der Waals surface area contributed by atoms with Crippen molar-refractivity contribution in [1.82, 2.24) is 0 Å². The Morgan fingerprint density at radius 3 is 1.97 bits per heavy atom. The monoisotopic (exact) mass is 468 g/mol. The van der Waals surface area contributed by atoms with E-state index in [-0.39, 0.29) is 29.5 Å². The van der Waals surface area contributed by atoms with Gasteiger partial charge in [0.25, 0.3) is 5.91 Å². The Morgan fingerprint density at radius 1 is 0.970 bits per heavy atom. The van der Waals surface area contributed by atoms with E-state index in [4.69, 9.17) is 4.74 Å². The fourth-order valence-electron chi connectivity index (χ4n) is 3.29. The molecule has 7 nitrogen and oxygen atoms in total. The van der Waals surface area contributed by atoms with Crippen molar-refractivity contribution in [3.63, 3.8) is 0 Å². The van der Waals surface area contributed by atoms with Crippen LogP contribution < -0.4 is 19.7 Å². The number of esters is 1. The summed E-state index contributed by atoms with van der Waals surface area (Å²) >= 11 is 0. The summed E-state index contributed by atoms with van der Waals surface area (Å²) in [5.74, 6) is -1.48. The standard InChI is InChI=1S/C22H20F4N2O5/c1-3-31-19(30)22(2)12-17(27-13-4-8-15(9-5-13)32-20(23)24)18(29)28(22)14-6-10-16(11-7-14)33-21(25)26/h4-12,20-21,27H,3H2,1-2H3/t22-/m1/s1. The van der Waals surface area contributed by atoms with E-state index in [0.717, 1.165) is 4.90 Å². The van der Waals surface area contributed by atoms with Gasteiger partial charge < -0.3 is 19.5 Å². The maximum Gasteiger partial charge on any atom is 0.387 e. The summed E-state index contributed by atoms with van der Waals surface area (Å²) in [6.07, 6.45) is 1.38. The quantitative estimate of drug-likeness (QED) is 0.430. The second kappa shape index (κ2) is 9.80. The SMILES string of the molecule is CCOC(=O)[C@@]1(C)C=C(Nc2ccc(OC(F)F)cc2)C(=O)N1c1ccc(OC(F)F)cc1. The predicted octanol–water partition coefficient (Wildman–Crippen LogP) is 4.55. The third-order valence-electron chi connectivity index (χ3n) is 4.69. The number of carbonyl (C=O) groups is 2. The van der Waals surface area contributed by atoms with Gasteiger partial charge in [-0.2, -0.15) is 17.6 Å². The average Bonchev–Trinajstić information content (AvgIpc) is 3.00. The molecule has 2 aromatic carbocycles. The van der Waals surface area contributed by atoms with Gasteiger partial charge in [0.05, 0.1) is 6.61 Å². The van der Waals surface area contributed by atoms with E-state index in [1.807, 2.05) is 0 Å². The van der Waals surface area contributed by atoms with Gasteiger partial charge in [-0.1, -0.05) is 0 Å². The highest BCUT2D eigenvalue weighted by Gasteiger charge is 2.49. The third kappa shape index (κ3) is 5.36. The summed E-state index contributed by atoms with van der Waals surface area (Å²) in [7, 11) is 0. The normalized spacial score (nSPS) is 17.9. The van der Waals surface area contributed by atoms with Gasteiger partial charge in [0.15, 0.2) is 5.54 Å². The second-order valence-electron chi connectivity index (χ2n) is 6.97. The number of alkyl halides is 4. The summed E-state index contributed by atoms with van der Waals surface area (Å²) in [6.45, 7) is -2.83. The molecule has 1 heterocycles. The molecule has 1 N–H and O–H groups in total. The van der Waals surface area contributed by atoms with Crippen molar-refractivity contribution in [2.45, 2.75) is 32.6 Å². The van der Waals surface area contributed by atoms with Crippen molar-refractivity contribution in [3.8, 4) is 11.5 Å². The number of amides is 1. The minimum absolute atomic E-state index is 0.0287. The number of nitrogens with one attached hydrogen (secondary N) is 1. The smallest absolute Gasteiger partial charge is 0.387 e. The molecule has 3 rings (SSSR count). The van der Waals surface area contributed by atoms with Crippen molar-refractivity contribution in [2.24, 2.45) is 0 Å². The van der Waals surface area contributed by atoms with E-state index >= 15 is 0 Å². The molecule has 176 valence electrons. The van der Waals surface area contributed by atoms with Crippen molar-refractivity contribution in [2.75, 3.05) is 16.8 Å². The van der Waals surface area contributed by atoms with Crippen molar-refractivity contribution in [1.29, 1.82) is 0 Å². The van der Waals surface area contributed by atoms with Crippen LogP contribution in [-0.4, -0.2) is 37.2 Å². The van der Waals surface area contributed by atoms with Crippen LogP contribution in [0, 0.1) is 0 Å². The second-order valence-corrected chi connectivity index (χ2v) is 6.97. The van der Waals surface area contributed by atoms with Gasteiger partial charge in [0.2, 0.25) is 0 Å². The summed E-state index contributed by atoms with van der Waals surface area (Å²) in [4.78, 5) is 27.1. The van der Waals surface area contributed by atoms with Crippen LogP contribution in [0.3, 0.4) is 0 Å². The molecule has 0 radical (unpaired) electrons. The van der Waals surface area contributed by atoms with Crippen molar-refractivity contribution in [3.05, 3.63) is 60.3 Å². The molecule has 33 heavy (non-hydrogen) atoms. The maximum absolute atomic E-state index is 13.2. The van der Waals surface area contributed by atoms with Crippen molar-refractivity contribution < 1.29 is 41.4 Å². The zero-order chi connectivity index (χ0) is 24.2. The number of ether oxygens (including phenoxy) is 3. The maximum atomic E-state index is 13.2. The Bertz CT molecular complexity index is 1030. The van der Waals surface area contributed by atoms with Gasteiger partial charge in [-0.3, -0.25) is 9.69 Å². The number of hydrogen-bond donors (Lipinski definition) is 1. The molecule has 0 saturated heterocycles. The van der Waals surface area contributed by atoms with Crippen LogP contribution in [-0.2, 0) is 14.3 Å². The lowest BCUT2D eigenvalue weighted by Crippen LogP contribution is -2.51. The summed E-state index contributed by atoms with van der Waals surface area (Å²) in [6, 6.07) is 10.6. The van der Waals surface area contributed by atoms with Crippen LogP contribution in [0.2, 0.25) is 0 Å². The van der Waals surface area contributed by atoms with E-state index in [9.17, 15) is 27.2 Å². The van der Waals surface area contributed by atoms with Gasteiger partial charge in [-0.05, 0) is 68.5 Å². The molecule has 2 aromatic rings. The van der Waals surface area contributed by atoms with Crippen LogP contribution in [0.1, 0.15) is 13.8 Å². The zero-order valence-electron chi connectivity index (χ0n) is 17.6. The lowest BCUT2D eigenvalue weighted by Gasteiger charge is -2.32. The fraction of sp³-hybridized carbons (Fsp3) is 0.273. The van der Waals surface area contributed by atoms with E-state index in [0.29, 0.717) is 5.69 Å². The van der Waals surface area contributed by atoms with Gasteiger partial charge >= 0.3 is 19.2 Å². The van der Waals surface area contributed by atoms with E-state index < -0.39 is 30.6 Å². The minimum Gasteiger partial charge on any atom is -0.464 e. The van der Waals surface area contributed by atoms with Crippen LogP contribution in [0.15, 0.2) is 60.3 Å². The van der Waals surface area contributed by atoms with Gasteiger partial charge in [0, 0.05) is 11.4 Å². The van der Waals surface area contributed by atoms with E-state index in [1.165, 1.54) is 61.5 Å². The number of carbonyl (C=O) groups excluding carboxylic acids is 2. The van der Waals surface area contributed by atoms with Gasteiger partial charge in [-0.25, -0.2) is 4.79 Å². The van der Waals surface area contributed by atoms with Gasteiger partial charge in [0.1, 0.15) is 17.2 Å². The number of halogens is 4. The Morgan fingerprint density at radius 2 is 1.48 bits per heavy atom. The fourth-order valence-corrected chi connectivity index (χ4v) is 3.29. The molecule has 0 saturated carbocycles. The third-order valence-corrected chi connectivity index (χ3v) is 4.69. The molecule has 0 bridgehead atoms. The summed E-state index contributed by atoms with van der Waals surface area (Å²) < 4.78 is 63.3. The Kier molecular flexibility index (Phi) is 7.10. The first kappa shape index (κ1) is 23.9. The molecular weight excluding hydrogens is 448 g/mol. The molecule has 0 aliphatic carbocycles. The Balaban J connectivity index is 1.89. The van der Waals surface area contributed by atoms with Crippen LogP contribution in [0.5, 0.6) is 11.5 Å².